The standard InChI is InChI=1S/C24H31ClN4O4/c1-15(22(30)26-21-3-2-19(29(32)33)11-20(21)25)27-4-6-28(7-5-27)23(31)24-12-16-8-17(13-24)10-18(9-16)14-24/h2-3,11,15-18H,4-10,12-14H2,1H3,(H,26,30). The van der Waals surface area contributed by atoms with E-state index in [0.29, 0.717) is 37.8 Å². The predicted molar refractivity (Wildman–Crippen MR) is 125 cm³/mol. The van der Waals surface area contributed by atoms with Crippen LogP contribution in [-0.2, 0) is 9.59 Å². The maximum Gasteiger partial charge on any atom is 0.271 e. The molecule has 1 aromatic carbocycles. The second-order valence-corrected chi connectivity index (χ2v) is 11.0. The number of nitrogens with zero attached hydrogens (tertiary/aromatic N) is 3. The Morgan fingerprint density at radius 3 is 2.18 bits per heavy atom. The number of carbonyl (C=O) groups is 2. The molecule has 4 saturated carbocycles. The van der Waals surface area contributed by atoms with Crippen LogP contribution >= 0.6 is 11.6 Å². The van der Waals surface area contributed by atoms with Gasteiger partial charge in [-0.1, -0.05) is 11.6 Å². The zero-order valence-corrected chi connectivity index (χ0v) is 19.7. The van der Waals surface area contributed by atoms with E-state index in [9.17, 15) is 19.7 Å². The van der Waals surface area contributed by atoms with Gasteiger partial charge in [-0.3, -0.25) is 24.6 Å². The average Bonchev–Trinajstić information content (AvgIpc) is 2.78. The van der Waals surface area contributed by atoms with Crippen LogP contribution in [0.2, 0.25) is 5.02 Å². The number of rotatable bonds is 5. The van der Waals surface area contributed by atoms with Gasteiger partial charge >= 0.3 is 0 Å². The van der Waals surface area contributed by atoms with Crippen molar-refractivity contribution in [3.05, 3.63) is 33.3 Å². The Bertz CT molecular complexity index is 940. The van der Waals surface area contributed by atoms with Gasteiger partial charge in [0.25, 0.3) is 5.69 Å². The Hall–Kier alpha value is -2.19. The molecule has 6 rings (SSSR count). The van der Waals surface area contributed by atoms with Crippen LogP contribution in [0.4, 0.5) is 11.4 Å². The maximum atomic E-state index is 13.6. The van der Waals surface area contributed by atoms with Crippen LogP contribution < -0.4 is 5.32 Å². The molecule has 1 aromatic rings. The van der Waals surface area contributed by atoms with E-state index in [0.717, 1.165) is 37.0 Å². The summed E-state index contributed by atoms with van der Waals surface area (Å²) in [4.78, 5) is 40.9. The van der Waals surface area contributed by atoms with Crippen molar-refractivity contribution in [3.63, 3.8) is 0 Å². The van der Waals surface area contributed by atoms with Gasteiger partial charge in [0.2, 0.25) is 11.8 Å². The molecule has 5 aliphatic rings. The molecule has 178 valence electrons. The first-order chi connectivity index (χ1) is 15.7. The Morgan fingerprint density at radius 1 is 1.09 bits per heavy atom. The Labute approximate surface area is 198 Å². The first kappa shape index (κ1) is 22.6. The predicted octanol–water partition coefficient (Wildman–Crippen LogP) is 3.94. The summed E-state index contributed by atoms with van der Waals surface area (Å²) < 4.78 is 0. The molecule has 4 aliphatic carbocycles. The molecule has 1 heterocycles. The summed E-state index contributed by atoms with van der Waals surface area (Å²) in [6, 6.07) is 3.61. The number of benzene rings is 1. The molecule has 1 aliphatic heterocycles. The third kappa shape index (κ3) is 4.23. The topological polar surface area (TPSA) is 95.8 Å². The van der Waals surface area contributed by atoms with Crippen LogP contribution in [0.1, 0.15) is 45.4 Å². The maximum absolute atomic E-state index is 13.6. The van der Waals surface area contributed by atoms with E-state index in [1.807, 2.05) is 11.8 Å². The number of anilines is 1. The third-order valence-corrected chi connectivity index (χ3v) is 8.75. The van der Waals surface area contributed by atoms with Gasteiger partial charge in [0.1, 0.15) is 0 Å². The number of nitrogens with one attached hydrogen (secondary N) is 1. The normalized spacial score (nSPS) is 31.9. The Kier molecular flexibility index (Phi) is 5.85. The summed E-state index contributed by atoms with van der Waals surface area (Å²) in [6.07, 6.45) is 7.20. The number of amides is 2. The number of halogens is 1. The lowest BCUT2D eigenvalue weighted by molar-refractivity contribution is -0.384. The molecule has 8 nitrogen and oxygen atoms in total. The largest absolute Gasteiger partial charge is 0.340 e. The SMILES string of the molecule is CC(C(=O)Nc1ccc([N+](=O)[O-])cc1Cl)N1CCN(C(=O)C23CC4CC(CC(C4)C2)C3)CC1. The van der Waals surface area contributed by atoms with Gasteiger partial charge in [-0.2, -0.15) is 0 Å². The van der Waals surface area contributed by atoms with Crippen molar-refractivity contribution in [2.24, 2.45) is 23.2 Å². The molecule has 33 heavy (non-hydrogen) atoms. The molecule has 4 bridgehead atoms. The van der Waals surface area contributed by atoms with Crippen LogP contribution in [0.15, 0.2) is 18.2 Å². The molecule has 0 radical (unpaired) electrons. The fourth-order valence-electron chi connectivity index (χ4n) is 7.14. The van der Waals surface area contributed by atoms with E-state index < -0.39 is 11.0 Å². The number of nitro groups is 1. The third-order valence-electron chi connectivity index (χ3n) is 8.44. The van der Waals surface area contributed by atoms with Gasteiger partial charge in [-0.15, -0.1) is 0 Å². The van der Waals surface area contributed by atoms with E-state index in [1.54, 1.807) is 0 Å². The summed E-state index contributed by atoms with van der Waals surface area (Å²) in [5, 5.41) is 13.8. The smallest absolute Gasteiger partial charge is 0.271 e. The quantitative estimate of drug-likeness (QED) is 0.515. The molecule has 5 fully saturated rings. The molecule has 0 aromatic heterocycles. The van der Waals surface area contributed by atoms with E-state index in [1.165, 1.54) is 37.5 Å². The second kappa shape index (κ2) is 8.55. The van der Waals surface area contributed by atoms with Gasteiger partial charge in [0.05, 0.1) is 27.1 Å². The monoisotopic (exact) mass is 474 g/mol. The second-order valence-electron chi connectivity index (χ2n) is 10.6. The number of carbonyl (C=O) groups excluding carboxylic acids is 2. The zero-order valence-electron chi connectivity index (χ0n) is 19.0. The van der Waals surface area contributed by atoms with Gasteiger partial charge in [-0.25, -0.2) is 0 Å². The highest BCUT2D eigenvalue weighted by molar-refractivity contribution is 6.34. The highest BCUT2D eigenvalue weighted by Gasteiger charge is 2.55. The van der Waals surface area contributed by atoms with Gasteiger partial charge in [0.15, 0.2) is 0 Å². The van der Waals surface area contributed by atoms with Crippen LogP contribution in [-0.4, -0.2) is 58.8 Å². The lowest BCUT2D eigenvalue weighted by Crippen LogP contribution is -2.59. The first-order valence-electron chi connectivity index (χ1n) is 12.0. The molecule has 2 amide bonds. The number of non-ortho nitro benzene ring substituents is 1. The van der Waals surface area contributed by atoms with Crippen molar-refractivity contribution < 1.29 is 14.5 Å². The fourth-order valence-corrected chi connectivity index (χ4v) is 7.36. The van der Waals surface area contributed by atoms with Gasteiger partial charge in [0, 0.05) is 38.3 Å². The van der Waals surface area contributed by atoms with Gasteiger partial charge < -0.3 is 10.2 Å². The van der Waals surface area contributed by atoms with E-state index in [2.05, 4.69) is 10.2 Å². The van der Waals surface area contributed by atoms with Crippen molar-refractivity contribution in [2.45, 2.75) is 51.5 Å². The number of hydrogen-bond acceptors (Lipinski definition) is 5. The fraction of sp³-hybridized carbons (Fsp3) is 0.667. The molecular weight excluding hydrogens is 444 g/mol. The lowest BCUT2D eigenvalue weighted by Gasteiger charge is -2.57. The number of piperazine rings is 1. The Balaban J connectivity index is 1.17. The summed E-state index contributed by atoms with van der Waals surface area (Å²) in [5.41, 5.74) is 0.118. The van der Waals surface area contributed by atoms with E-state index >= 15 is 0 Å². The molecule has 1 atom stereocenters. The molecule has 9 heteroatoms. The highest BCUT2D eigenvalue weighted by atomic mass is 35.5. The van der Waals surface area contributed by atoms with E-state index in [4.69, 9.17) is 11.6 Å². The van der Waals surface area contributed by atoms with E-state index in [-0.39, 0.29) is 22.0 Å². The van der Waals surface area contributed by atoms with Crippen LogP contribution in [0.25, 0.3) is 0 Å². The first-order valence-corrected chi connectivity index (χ1v) is 12.4. The highest BCUT2D eigenvalue weighted by Crippen LogP contribution is 2.60. The number of nitro benzene ring substituents is 1. The van der Waals surface area contributed by atoms with Crippen molar-refractivity contribution in [3.8, 4) is 0 Å². The van der Waals surface area contributed by atoms with Crippen LogP contribution in [0.3, 0.4) is 0 Å². The average molecular weight is 475 g/mol. The Morgan fingerprint density at radius 2 is 1.67 bits per heavy atom. The molecule has 1 N–H and O–H groups in total. The van der Waals surface area contributed by atoms with Crippen LogP contribution in [0, 0.1) is 33.3 Å². The zero-order chi connectivity index (χ0) is 23.3. The van der Waals surface area contributed by atoms with Crippen molar-refractivity contribution in [1.29, 1.82) is 0 Å². The van der Waals surface area contributed by atoms with Gasteiger partial charge in [-0.05, 0) is 69.3 Å². The summed E-state index contributed by atoms with van der Waals surface area (Å²) >= 11 is 6.11. The van der Waals surface area contributed by atoms with Crippen molar-refractivity contribution in [2.75, 3.05) is 31.5 Å². The summed E-state index contributed by atoms with van der Waals surface area (Å²) in [5.74, 6) is 2.38. The summed E-state index contributed by atoms with van der Waals surface area (Å²) in [7, 11) is 0. The minimum Gasteiger partial charge on any atom is -0.340 e. The molecule has 1 saturated heterocycles. The molecule has 1 unspecified atom stereocenters. The summed E-state index contributed by atoms with van der Waals surface area (Å²) in [6.45, 7) is 4.44. The van der Waals surface area contributed by atoms with Crippen molar-refractivity contribution >= 4 is 34.8 Å². The van der Waals surface area contributed by atoms with Crippen molar-refractivity contribution in [1.82, 2.24) is 9.80 Å². The molecular formula is C24H31ClN4O4. The minimum absolute atomic E-state index is 0.118. The molecule has 0 spiro atoms. The van der Waals surface area contributed by atoms with Crippen LogP contribution in [0.5, 0.6) is 0 Å². The number of hydrogen-bond donors (Lipinski definition) is 1. The lowest BCUT2D eigenvalue weighted by atomic mass is 9.49. The minimum atomic E-state index is -0.524.